The second kappa shape index (κ2) is 7.77. The fourth-order valence-corrected chi connectivity index (χ4v) is 5.58. The summed E-state index contributed by atoms with van der Waals surface area (Å²) in [5.74, 6) is 0. The lowest BCUT2D eigenvalue weighted by atomic mass is 9.60. The third-order valence-electron chi connectivity index (χ3n) is 6.88. The van der Waals surface area contributed by atoms with Crippen LogP contribution >= 0.6 is 0 Å². The van der Waals surface area contributed by atoms with Gasteiger partial charge in [-0.15, -0.1) is 0 Å². The minimum absolute atomic E-state index is 0.456. The number of nitrogens with one attached hydrogen (secondary N) is 1. The molecule has 1 aliphatic heterocycles. The molecular weight excluding hydrogens is 308 g/mol. The first-order valence-electron chi connectivity index (χ1n) is 10.4. The predicted molar refractivity (Wildman–Crippen MR) is 103 cm³/mol. The van der Waals surface area contributed by atoms with Gasteiger partial charge in [-0.2, -0.15) is 0 Å². The minimum atomic E-state index is 0.456. The Morgan fingerprint density at radius 1 is 1.16 bits per heavy atom. The second-order valence-electron chi connectivity index (χ2n) is 8.40. The highest BCUT2D eigenvalue weighted by Crippen LogP contribution is 2.54. The fourth-order valence-electron chi connectivity index (χ4n) is 5.58. The Bertz CT molecular complexity index is 540. The van der Waals surface area contributed by atoms with Crippen LogP contribution in [-0.2, 0) is 11.3 Å². The standard InChI is InChI=1S/C22H34N2O/c1-2-25-21-15-20(22(21)12-6-7-13-22)23-19-11-8-14-24(17-19)16-18-9-4-3-5-10-18/h3-5,9-10,19-21,23H,2,6-8,11-17H2,1H3. The van der Waals surface area contributed by atoms with Gasteiger partial charge in [-0.05, 0) is 51.1 Å². The molecule has 0 bridgehead atoms. The summed E-state index contributed by atoms with van der Waals surface area (Å²) < 4.78 is 6.08. The Kier molecular flexibility index (Phi) is 5.44. The Morgan fingerprint density at radius 2 is 1.96 bits per heavy atom. The molecule has 2 saturated carbocycles. The summed E-state index contributed by atoms with van der Waals surface area (Å²) in [7, 11) is 0. The van der Waals surface area contributed by atoms with Crippen molar-refractivity contribution in [3.05, 3.63) is 35.9 Å². The first-order chi connectivity index (χ1) is 12.3. The predicted octanol–water partition coefficient (Wildman–Crippen LogP) is 3.98. The normalized spacial score (nSPS) is 32.0. The molecule has 0 radical (unpaired) electrons. The van der Waals surface area contributed by atoms with E-state index in [0.717, 1.165) is 13.2 Å². The van der Waals surface area contributed by atoms with Crippen LogP contribution in [0.5, 0.6) is 0 Å². The zero-order valence-electron chi connectivity index (χ0n) is 15.8. The molecule has 3 fully saturated rings. The summed E-state index contributed by atoms with van der Waals surface area (Å²) in [5.41, 5.74) is 1.90. The monoisotopic (exact) mass is 342 g/mol. The van der Waals surface area contributed by atoms with Crippen molar-refractivity contribution in [1.82, 2.24) is 10.2 Å². The zero-order valence-corrected chi connectivity index (χ0v) is 15.8. The Morgan fingerprint density at radius 3 is 2.72 bits per heavy atom. The van der Waals surface area contributed by atoms with Crippen LogP contribution in [0.25, 0.3) is 0 Å². The van der Waals surface area contributed by atoms with Crippen molar-refractivity contribution < 1.29 is 4.74 Å². The van der Waals surface area contributed by atoms with Crippen molar-refractivity contribution in [2.24, 2.45) is 5.41 Å². The molecule has 3 aliphatic rings. The highest BCUT2D eigenvalue weighted by atomic mass is 16.5. The van der Waals surface area contributed by atoms with Gasteiger partial charge in [0.15, 0.2) is 0 Å². The van der Waals surface area contributed by atoms with Gasteiger partial charge >= 0.3 is 0 Å². The largest absolute Gasteiger partial charge is 0.378 e. The van der Waals surface area contributed by atoms with Gasteiger partial charge < -0.3 is 10.1 Å². The van der Waals surface area contributed by atoms with E-state index in [2.05, 4.69) is 47.5 Å². The maximum Gasteiger partial charge on any atom is 0.0661 e. The van der Waals surface area contributed by atoms with Crippen LogP contribution in [0.15, 0.2) is 30.3 Å². The molecule has 1 N–H and O–H groups in total. The van der Waals surface area contributed by atoms with Crippen molar-refractivity contribution in [2.45, 2.75) is 76.6 Å². The van der Waals surface area contributed by atoms with E-state index in [1.165, 1.54) is 63.6 Å². The number of hydrogen-bond donors (Lipinski definition) is 1. The van der Waals surface area contributed by atoms with Crippen LogP contribution in [-0.4, -0.2) is 42.8 Å². The van der Waals surface area contributed by atoms with Crippen LogP contribution in [0.1, 0.15) is 57.4 Å². The molecule has 138 valence electrons. The Hall–Kier alpha value is -0.900. The SMILES string of the molecule is CCOC1CC(NC2CCCN(Cc3ccccc3)C2)C12CCCC2. The number of nitrogens with zero attached hydrogens (tertiary/aromatic N) is 1. The molecule has 1 saturated heterocycles. The molecule has 3 unspecified atom stereocenters. The van der Waals surface area contributed by atoms with E-state index >= 15 is 0 Å². The average Bonchev–Trinajstić information content (AvgIpc) is 3.15. The summed E-state index contributed by atoms with van der Waals surface area (Å²) in [4.78, 5) is 2.64. The zero-order chi connectivity index (χ0) is 17.1. The Labute approximate surface area is 153 Å². The second-order valence-corrected chi connectivity index (χ2v) is 8.40. The van der Waals surface area contributed by atoms with Crippen LogP contribution in [0.4, 0.5) is 0 Å². The highest BCUT2D eigenvalue weighted by Gasteiger charge is 2.56. The van der Waals surface area contributed by atoms with Gasteiger partial charge in [0.1, 0.15) is 0 Å². The lowest BCUT2D eigenvalue weighted by Gasteiger charge is -2.55. The molecule has 3 atom stereocenters. The molecule has 1 aromatic rings. The molecule has 2 aliphatic carbocycles. The molecule has 1 spiro atoms. The third-order valence-corrected chi connectivity index (χ3v) is 6.88. The van der Waals surface area contributed by atoms with Gasteiger partial charge in [0, 0.05) is 37.2 Å². The van der Waals surface area contributed by atoms with E-state index in [-0.39, 0.29) is 0 Å². The van der Waals surface area contributed by atoms with E-state index in [0.29, 0.717) is 23.6 Å². The molecule has 0 aromatic heterocycles. The molecule has 3 heteroatoms. The smallest absolute Gasteiger partial charge is 0.0661 e. The minimum Gasteiger partial charge on any atom is -0.378 e. The van der Waals surface area contributed by atoms with Gasteiger partial charge in [-0.3, -0.25) is 4.90 Å². The number of rotatable bonds is 6. The number of benzene rings is 1. The van der Waals surface area contributed by atoms with Crippen molar-refractivity contribution >= 4 is 0 Å². The molecule has 3 nitrogen and oxygen atoms in total. The molecule has 1 heterocycles. The van der Waals surface area contributed by atoms with Crippen molar-refractivity contribution in [3.8, 4) is 0 Å². The Balaban J connectivity index is 1.33. The average molecular weight is 343 g/mol. The number of hydrogen-bond acceptors (Lipinski definition) is 3. The lowest BCUT2D eigenvalue weighted by Crippen LogP contribution is -2.65. The molecule has 4 rings (SSSR count). The third kappa shape index (κ3) is 3.65. The van der Waals surface area contributed by atoms with Gasteiger partial charge in [0.2, 0.25) is 0 Å². The lowest BCUT2D eigenvalue weighted by molar-refractivity contribution is -0.133. The topological polar surface area (TPSA) is 24.5 Å². The molecule has 25 heavy (non-hydrogen) atoms. The van der Waals surface area contributed by atoms with E-state index in [4.69, 9.17) is 4.74 Å². The van der Waals surface area contributed by atoms with Gasteiger partial charge in [-0.1, -0.05) is 43.2 Å². The number of likely N-dealkylation sites (tertiary alicyclic amines) is 1. The number of ether oxygens (including phenoxy) is 1. The number of piperidine rings is 1. The van der Waals surface area contributed by atoms with Crippen LogP contribution < -0.4 is 5.32 Å². The molecular formula is C22H34N2O. The summed E-state index contributed by atoms with van der Waals surface area (Å²) in [6.07, 6.45) is 9.92. The van der Waals surface area contributed by atoms with E-state index < -0.39 is 0 Å². The van der Waals surface area contributed by atoms with Crippen molar-refractivity contribution in [1.29, 1.82) is 0 Å². The molecule has 1 aromatic carbocycles. The van der Waals surface area contributed by atoms with Crippen LogP contribution in [0.2, 0.25) is 0 Å². The molecule has 0 amide bonds. The first kappa shape index (κ1) is 17.5. The van der Waals surface area contributed by atoms with Crippen molar-refractivity contribution in [2.75, 3.05) is 19.7 Å². The van der Waals surface area contributed by atoms with Crippen LogP contribution in [0, 0.1) is 5.41 Å². The summed E-state index contributed by atoms with van der Waals surface area (Å²) >= 11 is 0. The van der Waals surface area contributed by atoms with E-state index in [9.17, 15) is 0 Å². The quantitative estimate of drug-likeness (QED) is 0.846. The van der Waals surface area contributed by atoms with Crippen molar-refractivity contribution in [3.63, 3.8) is 0 Å². The van der Waals surface area contributed by atoms with E-state index in [1.54, 1.807) is 0 Å². The highest BCUT2D eigenvalue weighted by molar-refractivity contribution is 5.15. The fraction of sp³-hybridized carbons (Fsp3) is 0.727. The van der Waals surface area contributed by atoms with Gasteiger partial charge in [0.25, 0.3) is 0 Å². The summed E-state index contributed by atoms with van der Waals surface area (Å²) in [6.45, 7) is 6.54. The van der Waals surface area contributed by atoms with Gasteiger partial charge in [-0.25, -0.2) is 0 Å². The van der Waals surface area contributed by atoms with E-state index in [1.807, 2.05) is 0 Å². The van der Waals surface area contributed by atoms with Gasteiger partial charge in [0.05, 0.1) is 6.10 Å². The maximum absolute atomic E-state index is 6.08. The first-order valence-corrected chi connectivity index (χ1v) is 10.4. The van der Waals surface area contributed by atoms with Crippen LogP contribution in [0.3, 0.4) is 0 Å². The maximum atomic E-state index is 6.08. The summed E-state index contributed by atoms with van der Waals surface area (Å²) in [5, 5.41) is 4.07. The summed E-state index contributed by atoms with van der Waals surface area (Å²) in [6, 6.07) is 12.3.